The van der Waals surface area contributed by atoms with Crippen LogP contribution < -0.4 is 24.8 Å². The summed E-state index contributed by atoms with van der Waals surface area (Å²) >= 11 is 6.00. The van der Waals surface area contributed by atoms with Gasteiger partial charge in [0.2, 0.25) is 5.75 Å². The third-order valence-electron chi connectivity index (χ3n) is 7.12. The number of methoxy groups -OCH3 is 3. The van der Waals surface area contributed by atoms with E-state index in [9.17, 15) is 13.2 Å². The molecule has 4 rings (SSSR count). The highest BCUT2D eigenvalue weighted by Gasteiger charge is 2.42. The van der Waals surface area contributed by atoms with Crippen molar-refractivity contribution in [3.8, 4) is 17.2 Å². The zero-order chi connectivity index (χ0) is 26.6. The average Bonchev–Trinajstić information content (AvgIpc) is 3.18. The molecule has 2 aliphatic heterocycles. The van der Waals surface area contributed by atoms with Gasteiger partial charge in [-0.15, -0.1) is 0 Å². The smallest absolute Gasteiger partial charge is 0.319 e. The first kappa shape index (κ1) is 27.3. The molecule has 2 saturated heterocycles. The van der Waals surface area contributed by atoms with E-state index in [1.54, 1.807) is 12.1 Å². The third-order valence-corrected chi connectivity index (χ3v) is 9.09. The molecular formula is C26H34ClN3O6S. The quantitative estimate of drug-likeness (QED) is 0.516. The van der Waals surface area contributed by atoms with Crippen LogP contribution in [0.2, 0.25) is 5.02 Å². The first-order chi connectivity index (χ1) is 17.7. The number of hydrogen-bond acceptors (Lipinski definition) is 7. The van der Waals surface area contributed by atoms with E-state index in [-0.39, 0.29) is 17.5 Å². The number of urea groups is 1. The number of halogens is 1. The molecule has 0 saturated carbocycles. The standard InChI is InChI=1S/C26H34ClN3O6S/c1-34-23-13-20(14-24(35-2)25(23)36-3)28-26(31)29-21-15-37(32,33)16-22(21)30-10-8-18(9-11-30)12-17-4-6-19(27)7-5-17/h4-7,13-14,18,21-22H,8-12,15-16H2,1-3H3,(H2,28,29,31). The van der Waals surface area contributed by atoms with Gasteiger partial charge in [0.05, 0.1) is 44.6 Å². The summed E-state index contributed by atoms with van der Waals surface area (Å²) in [5.41, 5.74) is 1.70. The minimum atomic E-state index is -3.26. The maximum absolute atomic E-state index is 12.9. The largest absolute Gasteiger partial charge is 0.493 e. The van der Waals surface area contributed by atoms with Crippen molar-refractivity contribution in [1.29, 1.82) is 0 Å². The van der Waals surface area contributed by atoms with Gasteiger partial charge in [-0.05, 0) is 56.0 Å². The number of ether oxygens (including phenoxy) is 3. The molecule has 2 amide bonds. The van der Waals surface area contributed by atoms with E-state index in [2.05, 4.69) is 27.7 Å². The molecule has 2 aliphatic rings. The van der Waals surface area contributed by atoms with Crippen LogP contribution in [0.3, 0.4) is 0 Å². The highest BCUT2D eigenvalue weighted by atomic mass is 35.5. The Balaban J connectivity index is 1.38. The fourth-order valence-corrected chi connectivity index (χ4v) is 7.34. The van der Waals surface area contributed by atoms with E-state index in [1.807, 2.05) is 12.1 Å². The fraction of sp³-hybridized carbons (Fsp3) is 0.500. The summed E-state index contributed by atoms with van der Waals surface area (Å²) in [5, 5.41) is 6.39. The predicted octanol–water partition coefficient (Wildman–Crippen LogP) is 3.61. The van der Waals surface area contributed by atoms with Crippen molar-refractivity contribution in [3.63, 3.8) is 0 Å². The molecule has 2 N–H and O–H groups in total. The van der Waals surface area contributed by atoms with E-state index < -0.39 is 21.9 Å². The number of likely N-dealkylation sites (tertiary alicyclic amines) is 1. The van der Waals surface area contributed by atoms with Gasteiger partial charge in [0.15, 0.2) is 21.3 Å². The maximum Gasteiger partial charge on any atom is 0.319 e. The molecule has 202 valence electrons. The lowest BCUT2D eigenvalue weighted by molar-refractivity contribution is 0.128. The molecule has 2 fully saturated rings. The number of benzene rings is 2. The number of sulfone groups is 1. The number of carbonyl (C=O) groups excluding carboxylic acids is 1. The van der Waals surface area contributed by atoms with E-state index in [4.69, 9.17) is 25.8 Å². The van der Waals surface area contributed by atoms with Crippen LogP contribution in [-0.4, -0.2) is 77.4 Å². The van der Waals surface area contributed by atoms with E-state index in [1.165, 1.54) is 26.9 Å². The van der Waals surface area contributed by atoms with Crippen LogP contribution in [0.15, 0.2) is 36.4 Å². The highest BCUT2D eigenvalue weighted by molar-refractivity contribution is 7.91. The number of nitrogens with zero attached hydrogens (tertiary/aromatic N) is 1. The SMILES string of the molecule is COc1cc(NC(=O)NC2CS(=O)(=O)CC2N2CCC(Cc3ccc(Cl)cc3)CC2)cc(OC)c1OC. The van der Waals surface area contributed by atoms with Gasteiger partial charge in [0.25, 0.3) is 0 Å². The summed E-state index contributed by atoms with van der Waals surface area (Å²) in [6, 6.07) is 9.94. The lowest BCUT2D eigenvalue weighted by atomic mass is 9.89. The number of rotatable bonds is 8. The van der Waals surface area contributed by atoms with Crippen LogP contribution in [0.1, 0.15) is 18.4 Å². The Morgan fingerprint density at radius 3 is 2.19 bits per heavy atom. The zero-order valence-electron chi connectivity index (χ0n) is 21.3. The van der Waals surface area contributed by atoms with Crippen molar-refractivity contribution in [2.24, 2.45) is 5.92 Å². The van der Waals surface area contributed by atoms with Gasteiger partial charge >= 0.3 is 6.03 Å². The normalized spacial score (nSPS) is 21.8. The summed E-state index contributed by atoms with van der Waals surface area (Å²) in [7, 11) is 1.23. The monoisotopic (exact) mass is 551 g/mol. The van der Waals surface area contributed by atoms with Crippen LogP contribution >= 0.6 is 11.6 Å². The van der Waals surface area contributed by atoms with Gasteiger partial charge in [0.1, 0.15) is 0 Å². The molecular weight excluding hydrogens is 518 g/mol. The second kappa shape index (κ2) is 11.8. The predicted molar refractivity (Wildman–Crippen MR) is 144 cm³/mol. The van der Waals surface area contributed by atoms with Gasteiger partial charge in [0, 0.05) is 23.2 Å². The van der Waals surface area contributed by atoms with Gasteiger partial charge < -0.3 is 24.8 Å². The summed E-state index contributed by atoms with van der Waals surface area (Å²) in [5.74, 6) is 1.72. The third kappa shape index (κ3) is 6.80. The van der Waals surface area contributed by atoms with Crippen molar-refractivity contribution in [2.45, 2.75) is 31.3 Å². The summed E-state index contributed by atoms with van der Waals surface area (Å²) < 4.78 is 41.1. The number of piperidine rings is 1. The molecule has 2 atom stereocenters. The number of carbonyl (C=O) groups is 1. The Bertz CT molecular complexity index is 1170. The van der Waals surface area contributed by atoms with E-state index >= 15 is 0 Å². The molecule has 37 heavy (non-hydrogen) atoms. The van der Waals surface area contributed by atoms with Crippen LogP contribution in [-0.2, 0) is 16.3 Å². The van der Waals surface area contributed by atoms with Crippen LogP contribution in [0.4, 0.5) is 10.5 Å². The second-order valence-electron chi connectivity index (χ2n) is 9.57. The number of anilines is 1. The van der Waals surface area contributed by atoms with Crippen molar-refractivity contribution in [3.05, 3.63) is 47.0 Å². The first-order valence-corrected chi connectivity index (χ1v) is 14.5. The Morgan fingerprint density at radius 2 is 1.62 bits per heavy atom. The van der Waals surface area contributed by atoms with Crippen molar-refractivity contribution in [1.82, 2.24) is 10.2 Å². The molecule has 2 unspecified atom stereocenters. The fourth-order valence-electron chi connectivity index (χ4n) is 5.26. The zero-order valence-corrected chi connectivity index (χ0v) is 22.9. The molecule has 0 bridgehead atoms. The van der Waals surface area contributed by atoms with Crippen LogP contribution in [0, 0.1) is 5.92 Å². The Morgan fingerprint density at radius 1 is 1.00 bits per heavy atom. The van der Waals surface area contributed by atoms with Gasteiger partial charge in [-0.3, -0.25) is 4.90 Å². The van der Waals surface area contributed by atoms with Gasteiger partial charge in [-0.1, -0.05) is 23.7 Å². The van der Waals surface area contributed by atoms with Crippen molar-refractivity contribution in [2.75, 3.05) is 51.2 Å². The first-order valence-electron chi connectivity index (χ1n) is 12.3. The van der Waals surface area contributed by atoms with Gasteiger partial charge in [-0.2, -0.15) is 0 Å². The summed E-state index contributed by atoms with van der Waals surface area (Å²) in [6.07, 6.45) is 2.93. The molecule has 0 aromatic heterocycles. The Kier molecular flexibility index (Phi) is 8.71. The average molecular weight is 552 g/mol. The number of hydrogen-bond donors (Lipinski definition) is 2. The summed E-state index contributed by atoms with van der Waals surface area (Å²) in [4.78, 5) is 15.1. The topological polar surface area (TPSA) is 106 Å². The summed E-state index contributed by atoms with van der Waals surface area (Å²) in [6.45, 7) is 1.59. The van der Waals surface area contributed by atoms with Crippen molar-refractivity contribution < 1.29 is 27.4 Å². The molecule has 0 spiro atoms. The van der Waals surface area contributed by atoms with Crippen molar-refractivity contribution >= 4 is 33.2 Å². The molecule has 2 heterocycles. The van der Waals surface area contributed by atoms with Gasteiger partial charge in [-0.25, -0.2) is 13.2 Å². The molecule has 0 radical (unpaired) electrons. The Labute approximate surface area is 223 Å². The lowest BCUT2D eigenvalue weighted by Crippen LogP contribution is -2.54. The Hall–Kier alpha value is -2.69. The number of nitrogens with one attached hydrogen (secondary N) is 2. The van der Waals surface area contributed by atoms with Crippen LogP contribution in [0.5, 0.6) is 17.2 Å². The molecule has 11 heteroatoms. The minimum absolute atomic E-state index is 0.0456. The highest BCUT2D eigenvalue weighted by Crippen LogP contribution is 2.40. The van der Waals surface area contributed by atoms with E-state index in [0.29, 0.717) is 28.9 Å². The molecule has 2 aromatic rings. The molecule has 2 aromatic carbocycles. The number of amides is 2. The lowest BCUT2D eigenvalue weighted by Gasteiger charge is -2.38. The molecule has 0 aliphatic carbocycles. The van der Waals surface area contributed by atoms with Crippen LogP contribution in [0.25, 0.3) is 0 Å². The van der Waals surface area contributed by atoms with E-state index in [0.717, 1.165) is 37.4 Å². The molecule has 9 nitrogen and oxygen atoms in total. The maximum atomic E-state index is 12.9. The second-order valence-corrected chi connectivity index (χ2v) is 12.2. The minimum Gasteiger partial charge on any atom is -0.493 e.